The number of aromatic nitrogens is 2. The minimum absolute atomic E-state index is 0.0286. The predicted molar refractivity (Wildman–Crippen MR) is 89.0 cm³/mol. The zero-order valence-corrected chi connectivity index (χ0v) is 14.4. The fourth-order valence-electron chi connectivity index (χ4n) is 3.80. The average Bonchev–Trinajstić information content (AvgIpc) is 3.17. The molecule has 0 saturated carbocycles. The SMILES string of the molecule is Cc1csc2ncc(C(=O)N3C[C@H]4COCC[C@@]4(C(=O)O)C3)c(=O)n12. The van der Waals surface area contributed by atoms with Crippen LogP contribution >= 0.6 is 11.3 Å². The Labute approximate surface area is 146 Å². The van der Waals surface area contributed by atoms with Gasteiger partial charge in [0, 0.05) is 42.9 Å². The normalized spacial score (nSPS) is 26.0. The summed E-state index contributed by atoms with van der Waals surface area (Å²) in [5.41, 5.74) is -0.707. The number of aryl methyl sites for hydroxylation is 1. The summed E-state index contributed by atoms with van der Waals surface area (Å²) in [6, 6.07) is 0. The predicted octanol–water partition coefficient (Wildman–Crippen LogP) is 0.628. The number of carbonyl (C=O) groups is 2. The van der Waals surface area contributed by atoms with Gasteiger partial charge in [-0.3, -0.25) is 18.8 Å². The highest BCUT2D eigenvalue weighted by atomic mass is 32.1. The molecule has 0 aliphatic carbocycles. The van der Waals surface area contributed by atoms with E-state index in [1.807, 2.05) is 0 Å². The summed E-state index contributed by atoms with van der Waals surface area (Å²) in [4.78, 5) is 43.6. The first kappa shape index (κ1) is 16.2. The van der Waals surface area contributed by atoms with Gasteiger partial charge in [0.25, 0.3) is 11.5 Å². The van der Waals surface area contributed by atoms with E-state index in [0.29, 0.717) is 24.6 Å². The quantitative estimate of drug-likeness (QED) is 0.840. The van der Waals surface area contributed by atoms with E-state index in [1.165, 1.54) is 26.8 Å². The minimum Gasteiger partial charge on any atom is -0.481 e. The standard InChI is InChI=1S/C16H17N3O5S/c1-9-7-25-15-17-4-11(13(21)19(9)15)12(20)18-5-10-6-24-3-2-16(10,8-18)14(22)23/h4,7,10H,2-3,5-6,8H2,1H3,(H,22,23)/t10-,16+/m0/s1. The number of hydrogen-bond donors (Lipinski definition) is 1. The van der Waals surface area contributed by atoms with Gasteiger partial charge in [0.1, 0.15) is 5.56 Å². The summed E-state index contributed by atoms with van der Waals surface area (Å²) in [6.07, 6.45) is 1.67. The Morgan fingerprint density at radius 2 is 2.28 bits per heavy atom. The summed E-state index contributed by atoms with van der Waals surface area (Å²) in [6.45, 7) is 2.84. The third-order valence-electron chi connectivity index (χ3n) is 5.27. The lowest BCUT2D eigenvalue weighted by atomic mass is 9.74. The van der Waals surface area contributed by atoms with Gasteiger partial charge in [0.15, 0.2) is 4.96 Å². The number of likely N-dealkylation sites (tertiary alicyclic amines) is 1. The van der Waals surface area contributed by atoms with Crippen LogP contribution in [0.15, 0.2) is 16.4 Å². The Hall–Kier alpha value is -2.26. The highest BCUT2D eigenvalue weighted by molar-refractivity contribution is 7.15. The first-order chi connectivity index (χ1) is 11.9. The van der Waals surface area contributed by atoms with E-state index in [1.54, 1.807) is 12.3 Å². The maximum absolute atomic E-state index is 12.9. The van der Waals surface area contributed by atoms with Gasteiger partial charge in [-0.2, -0.15) is 0 Å². The molecule has 1 amide bonds. The molecule has 4 heterocycles. The number of fused-ring (bicyclic) bond motifs is 2. The third-order valence-corrected chi connectivity index (χ3v) is 6.22. The molecule has 0 bridgehead atoms. The summed E-state index contributed by atoms with van der Waals surface area (Å²) < 4.78 is 6.81. The van der Waals surface area contributed by atoms with Crippen molar-refractivity contribution in [2.45, 2.75) is 13.3 Å². The lowest BCUT2D eigenvalue weighted by Gasteiger charge is -2.33. The molecule has 2 atom stereocenters. The highest BCUT2D eigenvalue weighted by Crippen LogP contribution is 2.42. The van der Waals surface area contributed by atoms with Gasteiger partial charge in [-0.15, -0.1) is 11.3 Å². The fourth-order valence-corrected chi connectivity index (χ4v) is 4.62. The number of carboxylic acids is 1. The maximum Gasteiger partial charge on any atom is 0.311 e. The molecule has 4 rings (SSSR count). The van der Waals surface area contributed by atoms with Crippen molar-refractivity contribution in [1.82, 2.24) is 14.3 Å². The lowest BCUT2D eigenvalue weighted by molar-refractivity contribution is -0.157. The van der Waals surface area contributed by atoms with Crippen LogP contribution in [0.4, 0.5) is 0 Å². The topological polar surface area (TPSA) is 101 Å². The van der Waals surface area contributed by atoms with Gasteiger partial charge in [-0.25, -0.2) is 4.98 Å². The van der Waals surface area contributed by atoms with Crippen molar-refractivity contribution in [3.05, 3.63) is 33.2 Å². The van der Waals surface area contributed by atoms with E-state index in [-0.39, 0.29) is 24.6 Å². The summed E-state index contributed by atoms with van der Waals surface area (Å²) in [5.74, 6) is -1.63. The van der Waals surface area contributed by atoms with Crippen molar-refractivity contribution < 1.29 is 19.4 Å². The molecule has 25 heavy (non-hydrogen) atoms. The number of amides is 1. The Bertz CT molecular complexity index is 935. The largest absolute Gasteiger partial charge is 0.481 e. The molecule has 2 saturated heterocycles. The Balaban J connectivity index is 1.70. The van der Waals surface area contributed by atoms with E-state index in [9.17, 15) is 19.5 Å². The van der Waals surface area contributed by atoms with Crippen molar-refractivity contribution in [3.63, 3.8) is 0 Å². The maximum atomic E-state index is 12.9. The third kappa shape index (κ3) is 2.30. The molecule has 0 spiro atoms. The molecule has 1 N–H and O–H groups in total. The fraction of sp³-hybridized carbons (Fsp3) is 0.500. The van der Waals surface area contributed by atoms with E-state index >= 15 is 0 Å². The van der Waals surface area contributed by atoms with Crippen LogP contribution in [0.2, 0.25) is 0 Å². The second-order valence-electron chi connectivity index (χ2n) is 6.64. The first-order valence-electron chi connectivity index (χ1n) is 8.00. The Kier molecular flexibility index (Phi) is 3.66. The van der Waals surface area contributed by atoms with Crippen LogP contribution in [-0.4, -0.2) is 57.6 Å². The molecule has 9 heteroatoms. The Morgan fingerprint density at radius 3 is 3.00 bits per heavy atom. The van der Waals surface area contributed by atoms with E-state index in [2.05, 4.69) is 4.98 Å². The van der Waals surface area contributed by atoms with E-state index in [4.69, 9.17) is 4.74 Å². The molecule has 2 aromatic rings. The smallest absolute Gasteiger partial charge is 0.311 e. The zero-order chi connectivity index (χ0) is 17.8. The van der Waals surface area contributed by atoms with Crippen LogP contribution in [0, 0.1) is 18.3 Å². The Morgan fingerprint density at radius 1 is 1.48 bits per heavy atom. The number of carbonyl (C=O) groups excluding carboxylic acids is 1. The first-order valence-corrected chi connectivity index (χ1v) is 8.88. The number of thiazole rings is 1. The molecule has 2 fully saturated rings. The minimum atomic E-state index is -0.986. The van der Waals surface area contributed by atoms with E-state index in [0.717, 1.165) is 5.69 Å². The second kappa shape index (κ2) is 5.63. The monoisotopic (exact) mass is 363 g/mol. The average molecular weight is 363 g/mol. The van der Waals surface area contributed by atoms with Gasteiger partial charge in [0.2, 0.25) is 0 Å². The van der Waals surface area contributed by atoms with Crippen molar-refractivity contribution in [3.8, 4) is 0 Å². The molecule has 2 aliphatic heterocycles. The number of carboxylic acid groups (broad SMARTS) is 1. The molecule has 2 aromatic heterocycles. The second-order valence-corrected chi connectivity index (χ2v) is 7.48. The van der Waals surface area contributed by atoms with Crippen LogP contribution in [0.3, 0.4) is 0 Å². The molecular weight excluding hydrogens is 346 g/mol. The van der Waals surface area contributed by atoms with Crippen LogP contribution in [0.1, 0.15) is 22.5 Å². The zero-order valence-electron chi connectivity index (χ0n) is 13.6. The molecule has 0 radical (unpaired) electrons. The molecule has 2 aliphatic rings. The summed E-state index contributed by atoms with van der Waals surface area (Å²) in [5, 5.41) is 11.5. The van der Waals surface area contributed by atoms with Gasteiger partial charge >= 0.3 is 5.97 Å². The van der Waals surface area contributed by atoms with Crippen LogP contribution in [0.25, 0.3) is 4.96 Å². The molecule has 8 nitrogen and oxygen atoms in total. The highest BCUT2D eigenvalue weighted by Gasteiger charge is 2.55. The van der Waals surface area contributed by atoms with Crippen molar-refractivity contribution in [2.75, 3.05) is 26.3 Å². The number of ether oxygens (including phenoxy) is 1. The van der Waals surface area contributed by atoms with Gasteiger partial charge < -0.3 is 14.7 Å². The van der Waals surface area contributed by atoms with Gasteiger partial charge in [-0.05, 0) is 13.3 Å². The van der Waals surface area contributed by atoms with Crippen molar-refractivity contribution in [2.24, 2.45) is 11.3 Å². The van der Waals surface area contributed by atoms with Crippen molar-refractivity contribution in [1.29, 1.82) is 0 Å². The lowest BCUT2D eigenvalue weighted by Crippen LogP contribution is -2.45. The van der Waals surface area contributed by atoms with Gasteiger partial charge in [-0.1, -0.05) is 0 Å². The molecular formula is C16H17N3O5S. The summed E-state index contributed by atoms with van der Waals surface area (Å²) in [7, 11) is 0. The molecule has 132 valence electrons. The van der Waals surface area contributed by atoms with Crippen molar-refractivity contribution >= 4 is 28.2 Å². The number of nitrogens with zero attached hydrogens (tertiary/aromatic N) is 3. The van der Waals surface area contributed by atoms with Crippen LogP contribution in [0.5, 0.6) is 0 Å². The van der Waals surface area contributed by atoms with E-state index < -0.39 is 22.9 Å². The number of aliphatic carboxylic acids is 1. The molecule has 0 unspecified atom stereocenters. The number of rotatable bonds is 2. The van der Waals surface area contributed by atoms with Crippen LogP contribution < -0.4 is 5.56 Å². The van der Waals surface area contributed by atoms with Gasteiger partial charge in [0.05, 0.1) is 12.0 Å². The summed E-state index contributed by atoms with van der Waals surface area (Å²) >= 11 is 1.33. The number of hydrogen-bond acceptors (Lipinski definition) is 6. The van der Waals surface area contributed by atoms with Crippen LogP contribution in [-0.2, 0) is 9.53 Å². The molecule has 0 aromatic carbocycles.